The molecule has 0 atom stereocenters. The third kappa shape index (κ3) is 5.26. The van der Waals surface area contributed by atoms with Crippen LogP contribution in [0, 0.1) is 0 Å². The van der Waals surface area contributed by atoms with Crippen LogP contribution in [0.3, 0.4) is 0 Å². The molecular weight excluding hydrogens is 478 g/mol. The van der Waals surface area contributed by atoms with E-state index in [1.54, 1.807) is 35.2 Å². The topological polar surface area (TPSA) is 126 Å². The summed E-state index contributed by atoms with van der Waals surface area (Å²) in [5.74, 6) is 0.392. The van der Waals surface area contributed by atoms with Gasteiger partial charge in [0.15, 0.2) is 11.3 Å². The van der Waals surface area contributed by atoms with Gasteiger partial charge in [-0.2, -0.15) is 0 Å². The zero-order valence-electron chi connectivity index (χ0n) is 21.3. The van der Waals surface area contributed by atoms with E-state index in [-0.39, 0.29) is 18.0 Å². The molecule has 5 N–H and O–H groups in total. The van der Waals surface area contributed by atoms with Crippen molar-refractivity contribution >= 4 is 40.1 Å². The predicted molar refractivity (Wildman–Crippen MR) is 150 cm³/mol. The van der Waals surface area contributed by atoms with Crippen LogP contribution in [-0.2, 0) is 0 Å². The number of imidazole rings is 1. The molecule has 196 valence electrons. The normalized spacial score (nSPS) is 19.4. The van der Waals surface area contributed by atoms with E-state index in [9.17, 15) is 4.79 Å². The molecule has 10 nitrogen and oxygen atoms in total. The van der Waals surface area contributed by atoms with Crippen molar-refractivity contribution in [3.63, 3.8) is 0 Å². The monoisotopic (exact) mass is 511 g/mol. The molecule has 10 heteroatoms. The Morgan fingerprint density at radius 1 is 0.947 bits per heavy atom. The van der Waals surface area contributed by atoms with E-state index in [1.165, 1.54) is 18.5 Å². The number of amides is 1. The first-order valence-corrected chi connectivity index (χ1v) is 13.4. The second kappa shape index (κ2) is 10.7. The molecule has 38 heavy (non-hydrogen) atoms. The lowest BCUT2D eigenvalue weighted by Crippen LogP contribution is -2.33. The third-order valence-electron chi connectivity index (χ3n) is 7.38. The number of hydrogen-bond donors (Lipinski definition) is 4. The molecule has 0 unspecified atom stereocenters. The molecule has 1 aliphatic heterocycles. The van der Waals surface area contributed by atoms with Gasteiger partial charge < -0.3 is 26.6 Å². The fraction of sp³-hybridized carbons (Fsp3) is 0.357. The van der Waals surface area contributed by atoms with Crippen molar-refractivity contribution in [2.45, 2.75) is 50.6 Å². The molecule has 1 aromatic carbocycles. The minimum atomic E-state index is -0.294. The van der Waals surface area contributed by atoms with Gasteiger partial charge in [-0.15, -0.1) is 5.10 Å². The van der Waals surface area contributed by atoms with Gasteiger partial charge in [-0.25, -0.2) is 9.50 Å². The van der Waals surface area contributed by atoms with Crippen LogP contribution in [0.1, 0.15) is 49.0 Å². The highest BCUT2D eigenvalue weighted by atomic mass is 16.2. The standard InChI is InChI=1S/C28H33N9O/c29-19-3-5-21(6-4-19)33-26-17-24(32-20-7-9-23(10-8-20)36-15-1-2-16-36)27-31-18-25(37(27)35-26)28(38)34-22-11-13-30-14-12-22/h7-14,17-19,21,32H,1-6,15-16,29H2,(H,33,35)(H,30,34,38)/t19-,21-. The minimum Gasteiger partial charge on any atom is -0.372 e. The molecule has 0 radical (unpaired) electrons. The van der Waals surface area contributed by atoms with E-state index in [4.69, 9.17) is 10.8 Å². The van der Waals surface area contributed by atoms with E-state index < -0.39 is 0 Å². The van der Waals surface area contributed by atoms with E-state index >= 15 is 0 Å². The predicted octanol–water partition coefficient (Wildman–Crippen LogP) is 4.40. The number of pyridine rings is 1. The average Bonchev–Trinajstić information content (AvgIpc) is 3.62. The highest BCUT2D eigenvalue weighted by Gasteiger charge is 2.22. The smallest absolute Gasteiger partial charge is 0.276 e. The van der Waals surface area contributed by atoms with Gasteiger partial charge in [0.05, 0.1) is 11.9 Å². The molecule has 3 aromatic heterocycles. The third-order valence-corrected chi connectivity index (χ3v) is 7.38. The van der Waals surface area contributed by atoms with Crippen LogP contribution in [0.5, 0.6) is 0 Å². The SMILES string of the molecule is N[C@H]1CC[C@H](Nc2cc(Nc3ccc(N4CCCC4)cc3)c3ncc(C(=O)Nc4ccncc4)n3n2)CC1. The number of nitrogens with zero attached hydrogens (tertiary/aromatic N) is 5. The Bertz CT molecular complexity index is 1390. The molecule has 4 aromatic rings. The Kier molecular flexibility index (Phi) is 6.78. The maximum atomic E-state index is 13.2. The number of rotatable bonds is 7. The Balaban J connectivity index is 1.30. The van der Waals surface area contributed by atoms with Gasteiger partial charge >= 0.3 is 0 Å². The maximum absolute atomic E-state index is 13.2. The van der Waals surface area contributed by atoms with E-state index in [2.05, 4.69) is 55.1 Å². The largest absolute Gasteiger partial charge is 0.372 e. The summed E-state index contributed by atoms with van der Waals surface area (Å²) in [7, 11) is 0. The summed E-state index contributed by atoms with van der Waals surface area (Å²) in [6.45, 7) is 2.22. The zero-order valence-corrected chi connectivity index (χ0v) is 21.3. The molecule has 6 rings (SSSR count). The van der Waals surface area contributed by atoms with Gasteiger partial charge in [-0.1, -0.05) is 0 Å². The Morgan fingerprint density at radius 2 is 1.68 bits per heavy atom. The van der Waals surface area contributed by atoms with Crippen LogP contribution in [-0.4, -0.2) is 50.7 Å². The zero-order chi connectivity index (χ0) is 25.9. The molecule has 1 aliphatic carbocycles. The van der Waals surface area contributed by atoms with Crippen molar-refractivity contribution < 1.29 is 4.79 Å². The van der Waals surface area contributed by atoms with E-state index in [0.29, 0.717) is 22.8 Å². The average molecular weight is 512 g/mol. The fourth-order valence-electron chi connectivity index (χ4n) is 5.28. The minimum absolute atomic E-state index is 0.265. The van der Waals surface area contributed by atoms with Crippen LogP contribution in [0.15, 0.2) is 61.1 Å². The van der Waals surface area contributed by atoms with Gasteiger partial charge in [0.1, 0.15) is 5.82 Å². The lowest BCUT2D eigenvalue weighted by molar-refractivity contribution is 0.102. The van der Waals surface area contributed by atoms with Gasteiger partial charge in [-0.05, 0) is 74.9 Å². The Hall–Kier alpha value is -4.18. The van der Waals surface area contributed by atoms with Gasteiger partial charge in [0, 0.05) is 60.7 Å². The quantitative estimate of drug-likeness (QED) is 0.288. The first kappa shape index (κ1) is 24.2. The van der Waals surface area contributed by atoms with Crippen molar-refractivity contribution in [3.05, 3.63) is 66.7 Å². The summed E-state index contributed by atoms with van der Waals surface area (Å²) in [5.41, 5.74) is 10.6. The summed E-state index contributed by atoms with van der Waals surface area (Å²) < 4.78 is 1.61. The number of carbonyl (C=O) groups excluding carboxylic acids is 1. The highest BCUT2D eigenvalue weighted by molar-refractivity contribution is 6.03. The first-order valence-electron chi connectivity index (χ1n) is 13.4. The molecule has 2 aliphatic rings. The molecular formula is C28H33N9O. The molecule has 1 amide bonds. The number of carbonyl (C=O) groups is 1. The summed E-state index contributed by atoms with van der Waals surface area (Å²) in [6, 6.07) is 14.5. The molecule has 1 saturated carbocycles. The summed E-state index contributed by atoms with van der Waals surface area (Å²) >= 11 is 0. The molecule has 1 saturated heterocycles. The maximum Gasteiger partial charge on any atom is 0.276 e. The number of benzene rings is 1. The number of anilines is 5. The summed E-state index contributed by atoms with van der Waals surface area (Å²) in [4.78, 5) is 24.2. The Labute approximate surface area is 221 Å². The number of fused-ring (bicyclic) bond motifs is 1. The molecule has 0 bridgehead atoms. The van der Waals surface area contributed by atoms with Gasteiger partial charge in [0.2, 0.25) is 0 Å². The van der Waals surface area contributed by atoms with E-state index in [1.807, 2.05) is 6.07 Å². The number of nitrogens with two attached hydrogens (primary N) is 1. The van der Waals surface area contributed by atoms with Gasteiger partial charge in [-0.3, -0.25) is 9.78 Å². The Morgan fingerprint density at radius 3 is 2.42 bits per heavy atom. The van der Waals surface area contributed by atoms with Crippen LogP contribution >= 0.6 is 0 Å². The van der Waals surface area contributed by atoms with Crippen molar-refractivity contribution in [2.24, 2.45) is 5.73 Å². The van der Waals surface area contributed by atoms with Crippen LogP contribution < -0.4 is 26.6 Å². The number of aromatic nitrogens is 4. The number of hydrogen-bond acceptors (Lipinski definition) is 8. The second-order valence-corrected chi connectivity index (χ2v) is 10.1. The van der Waals surface area contributed by atoms with Crippen molar-refractivity contribution in [1.29, 1.82) is 0 Å². The van der Waals surface area contributed by atoms with Crippen LogP contribution in [0.4, 0.5) is 28.6 Å². The molecule has 2 fully saturated rings. The lowest BCUT2D eigenvalue weighted by atomic mass is 9.92. The highest BCUT2D eigenvalue weighted by Crippen LogP contribution is 2.29. The molecule has 0 spiro atoms. The van der Waals surface area contributed by atoms with Crippen molar-refractivity contribution in [1.82, 2.24) is 19.6 Å². The van der Waals surface area contributed by atoms with E-state index in [0.717, 1.165) is 50.1 Å². The van der Waals surface area contributed by atoms with Crippen molar-refractivity contribution in [2.75, 3.05) is 33.9 Å². The second-order valence-electron chi connectivity index (χ2n) is 10.1. The fourth-order valence-corrected chi connectivity index (χ4v) is 5.28. The van der Waals surface area contributed by atoms with Crippen molar-refractivity contribution in [3.8, 4) is 0 Å². The molecule has 4 heterocycles. The van der Waals surface area contributed by atoms with Crippen LogP contribution in [0.2, 0.25) is 0 Å². The van der Waals surface area contributed by atoms with Gasteiger partial charge in [0.25, 0.3) is 5.91 Å². The first-order chi connectivity index (χ1) is 18.6. The summed E-state index contributed by atoms with van der Waals surface area (Å²) in [6.07, 6.45) is 11.3. The number of nitrogens with one attached hydrogen (secondary N) is 3. The lowest BCUT2D eigenvalue weighted by Gasteiger charge is -2.27. The van der Waals surface area contributed by atoms with Crippen LogP contribution in [0.25, 0.3) is 5.65 Å². The summed E-state index contributed by atoms with van der Waals surface area (Å²) in [5, 5.41) is 14.8.